The lowest BCUT2D eigenvalue weighted by Crippen LogP contribution is -2.02. The van der Waals surface area contributed by atoms with Crippen molar-refractivity contribution in [1.82, 2.24) is 0 Å². The van der Waals surface area contributed by atoms with E-state index in [1.807, 2.05) is 18.2 Å². The molecule has 0 fully saturated rings. The first kappa shape index (κ1) is 16.4. The third-order valence-electron chi connectivity index (χ3n) is 3.59. The van der Waals surface area contributed by atoms with Gasteiger partial charge in [-0.15, -0.1) is 0 Å². The molecule has 2 rings (SSSR count). The average Bonchev–Trinajstić information content (AvgIpc) is 2.52. The third-order valence-corrected chi connectivity index (χ3v) is 3.59. The zero-order valence-electron chi connectivity index (χ0n) is 13.5. The van der Waals surface area contributed by atoms with Crippen molar-refractivity contribution in [3.63, 3.8) is 0 Å². The van der Waals surface area contributed by atoms with Crippen molar-refractivity contribution in [2.24, 2.45) is 0 Å². The summed E-state index contributed by atoms with van der Waals surface area (Å²) in [5.74, 6) is 1.47. The maximum Gasteiger partial charge on any atom is 0.161 e. The second-order valence-electron chi connectivity index (χ2n) is 5.65. The van der Waals surface area contributed by atoms with E-state index in [2.05, 4.69) is 31.2 Å². The van der Waals surface area contributed by atoms with Gasteiger partial charge in [-0.3, -0.25) is 0 Å². The van der Waals surface area contributed by atoms with Crippen molar-refractivity contribution < 1.29 is 14.6 Å². The van der Waals surface area contributed by atoms with E-state index in [1.54, 1.807) is 14.0 Å². The third kappa shape index (κ3) is 4.78. The number of ether oxygens (including phenoxy) is 2. The minimum atomic E-state index is -0.293. The molecule has 2 aromatic rings. The molecule has 0 aliphatic heterocycles. The molecule has 0 saturated heterocycles. The molecule has 0 bridgehead atoms. The molecule has 3 nitrogen and oxygen atoms in total. The zero-order chi connectivity index (χ0) is 15.9. The van der Waals surface area contributed by atoms with E-state index in [1.165, 1.54) is 5.56 Å². The molecular weight excluding hydrogens is 276 g/mol. The van der Waals surface area contributed by atoms with Crippen LogP contribution in [0.15, 0.2) is 42.5 Å². The van der Waals surface area contributed by atoms with E-state index in [-0.39, 0.29) is 6.10 Å². The predicted molar refractivity (Wildman–Crippen MR) is 88.5 cm³/mol. The van der Waals surface area contributed by atoms with E-state index < -0.39 is 0 Å². The van der Waals surface area contributed by atoms with Crippen LogP contribution in [-0.2, 0) is 13.0 Å². The summed E-state index contributed by atoms with van der Waals surface area (Å²) < 4.78 is 11.3. The van der Waals surface area contributed by atoms with Gasteiger partial charge in [0.15, 0.2) is 11.5 Å². The van der Waals surface area contributed by atoms with Gasteiger partial charge in [-0.1, -0.05) is 35.9 Å². The van der Waals surface area contributed by atoms with Crippen LogP contribution < -0.4 is 9.47 Å². The lowest BCUT2D eigenvalue weighted by atomic mass is 10.1. The normalized spacial score (nSPS) is 12.0. The monoisotopic (exact) mass is 300 g/mol. The first-order chi connectivity index (χ1) is 10.6. The van der Waals surface area contributed by atoms with E-state index >= 15 is 0 Å². The second kappa shape index (κ2) is 7.85. The van der Waals surface area contributed by atoms with Crippen molar-refractivity contribution in [2.45, 2.75) is 39.4 Å². The summed E-state index contributed by atoms with van der Waals surface area (Å²) in [6.45, 7) is 4.38. The van der Waals surface area contributed by atoms with Crippen molar-refractivity contribution in [1.29, 1.82) is 0 Å². The Morgan fingerprint density at radius 2 is 1.68 bits per heavy atom. The fourth-order valence-corrected chi connectivity index (χ4v) is 2.21. The molecule has 0 aromatic heterocycles. The SMILES string of the molecule is COc1ccc(CCC(C)O)cc1OCc1ccc(C)cc1. The van der Waals surface area contributed by atoms with Gasteiger partial charge in [-0.25, -0.2) is 0 Å². The number of hydrogen-bond acceptors (Lipinski definition) is 3. The highest BCUT2D eigenvalue weighted by Gasteiger charge is 2.07. The van der Waals surface area contributed by atoms with Gasteiger partial charge in [0.1, 0.15) is 6.61 Å². The zero-order valence-corrected chi connectivity index (χ0v) is 13.5. The molecule has 1 unspecified atom stereocenters. The molecule has 1 N–H and O–H groups in total. The summed E-state index contributed by atoms with van der Waals surface area (Å²) in [6.07, 6.45) is 1.27. The van der Waals surface area contributed by atoms with Crippen LogP contribution >= 0.6 is 0 Å². The summed E-state index contributed by atoms with van der Waals surface area (Å²) in [4.78, 5) is 0. The molecular formula is C19H24O3. The standard InChI is InChI=1S/C19H24O3/c1-14-4-7-17(8-5-14)13-22-19-12-16(9-6-15(2)20)10-11-18(19)21-3/h4-5,7-8,10-12,15,20H,6,9,13H2,1-3H3. The topological polar surface area (TPSA) is 38.7 Å². The molecule has 22 heavy (non-hydrogen) atoms. The molecule has 0 aliphatic rings. The Balaban J connectivity index is 2.06. The van der Waals surface area contributed by atoms with Crippen LogP contribution in [0.2, 0.25) is 0 Å². The Bertz CT molecular complexity index is 588. The molecule has 2 aromatic carbocycles. The van der Waals surface area contributed by atoms with Crippen LogP contribution in [0.25, 0.3) is 0 Å². The number of benzene rings is 2. The molecule has 0 saturated carbocycles. The van der Waals surface area contributed by atoms with Crippen LogP contribution in [-0.4, -0.2) is 18.3 Å². The first-order valence-electron chi connectivity index (χ1n) is 7.62. The molecule has 0 amide bonds. The largest absolute Gasteiger partial charge is 0.493 e. The van der Waals surface area contributed by atoms with Crippen molar-refractivity contribution in [3.8, 4) is 11.5 Å². The number of aryl methyl sites for hydroxylation is 2. The average molecular weight is 300 g/mol. The number of rotatable bonds is 7. The fraction of sp³-hybridized carbons (Fsp3) is 0.368. The molecule has 118 valence electrons. The van der Waals surface area contributed by atoms with Gasteiger partial charge in [-0.05, 0) is 49.9 Å². The van der Waals surface area contributed by atoms with E-state index in [9.17, 15) is 5.11 Å². The van der Waals surface area contributed by atoms with Gasteiger partial charge in [0.05, 0.1) is 13.2 Å². The predicted octanol–water partition coefficient (Wildman–Crippen LogP) is 3.90. The van der Waals surface area contributed by atoms with Gasteiger partial charge in [0.25, 0.3) is 0 Å². The van der Waals surface area contributed by atoms with Crippen LogP contribution in [0, 0.1) is 6.92 Å². The van der Waals surface area contributed by atoms with Gasteiger partial charge >= 0.3 is 0 Å². The minimum Gasteiger partial charge on any atom is -0.493 e. The molecule has 0 radical (unpaired) electrons. The maximum atomic E-state index is 9.40. The Morgan fingerprint density at radius 3 is 2.32 bits per heavy atom. The molecule has 0 heterocycles. The van der Waals surface area contributed by atoms with E-state index in [0.29, 0.717) is 6.61 Å². The van der Waals surface area contributed by atoms with Gasteiger partial charge in [0, 0.05) is 0 Å². The van der Waals surface area contributed by atoms with Crippen molar-refractivity contribution in [3.05, 3.63) is 59.2 Å². The van der Waals surface area contributed by atoms with E-state index in [4.69, 9.17) is 9.47 Å². The van der Waals surface area contributed by atoms with Crippen LogP contribution in [0.4, 0.5) is 0 Å². The Kier molecular flexibility index (Phi) is 5.84. The quantitative estimate of drug-likeness (QED) is 0.843. The minimum absolute atomic E-state index is 0.293. The summed E-state index contributed by atoms with van der Waals surface area (Å²) in [5.41, 5.74) is 3.50. The lowest BCUT2D eigenvalue weighted by molar-refractivity contribution is 0.185. The number of hydrogen-bond donors (Lipinski definition) is 1. The van der Waals surface area contributed by atoms with Gasteiger partial charge in [0.2, 0.25) is 0 Å². The van der Waals surface area contributed by atoms with Crippen LogP contribution in [0.5, 0.6) is 11.5 Å². The molecule has 0 aliphatic carbocycles. The van der Waals surface area contributed by atoms with Gasteiger partial charge < -0.3 is 14.6 Å². The molecule has 0 spiro atoms. The van der Waals surface area contributed by atoms with Crippen molar-refractivity contribution >= 4 is 0 Å². The Morgan fingerprint density at radius 1 is 1.00 bits per heavy atom. The first-order valence-corrected chi connectivity index (χ1v) is 7.62. The fourth-order valence-electron chi connectivity index (χ4n) is 2.21. The smallest absolute Gasteiger partial charge is 0.161 e. The maximum absolute atomic E-state index is 9.40. The summed E-state index contributed by atoms with van der Waals surface area (Å²) in [5, 5.41) is 9.40. The van der Waals surface area contributed by atoms with Crippen molar-refractivity contribution in [2.75, 3.05) is 7.11 Å². The van der Waals surface area contributed by atoms with Crippen LogP contribution in [0.1, 0.15) is 30.0 Å². The molecule has 3 heteroatoms. The Hall–Kier alpha value is -2.00. The highest BCUT2D eigenvalue weighted by Crippen LogP contribution is 2.29. The van der Waals surface area contributed by atoms with Gasteiger partial charge in [-0.2, -0.15) is 0 Å². The summed E-state index contributed by atoms with van der Waals surface area (Å²) in [6, 6.07) is 14.2. The highest BCUT2D eigenvalue weighted by atomic mass is 16.5. The summed E-state index contributed by atoms with van der Waals surface area (Å²) >= 11 is 0. The second-order valence-corrected chi connectivity index (χ2v) is 5.65. The number of aliphatic hydroxyl groups excluding tert-OH is 1. The van der Waals surface area contributed by atoms with E-state index in [0.717, 1.165) is 35.5 Å². The van der Waals surface area contributed by atoms with Crippen LogP contribution in [0.3, 0.4) is 0 Å². The lowest BCUT2D eigenvalue weighted by Gasteiger charge is -2.13. The number of aliphatic hydroxyl groups is 1. The summed E-state index contributed by atoms with van der Waals surface area (Å²) in [7, 11) is 1.64. The Labute approximate surface area is 132 Å². The number of methoxy groups -OCH3 is 1. The highest BCUT2D eigenvalue weighted by molar-refractivity contribution is 5.43. The molecule has 1 atom stereocenters.